The smallest absolute Gasteiger partial charge is 0.0900 e. The fourth-order valence-electron chi connectivity index (χ4n) is 2.84. The first-order valence-corrected chi connectivity index (χ1v) is 7.82. The van der Waals surface area contributed by atoms with E-state index in [1.54, 1.807) is 0 Å². The van der Waals surface area contributed by atoms with Gasteiger partial charge in [-0.15, -0.1) is 11.6 Å². The minimum absolute atomic E-state index is 0.268. The van der Waals surface area contributed by atoms with Gasteiger partial charge in [-0.05, 0) is 25.2 Å². The minimum atomic E-state index is -0.401. The fourth-order valence-corrected chi connectivity index (χ4v) is 3.07. The summed E-state index contributed by atoms with van der Waals surface area (Å²) in [5.74, 6) is 0.511. The topological polar surface area (TPSA) is 41.9 Å². The van der Waals surface area contributed by atoms with E-state index >= 15 is 0 Å². The van der Waals surface area contributed by atoms with E-state index in [-0.39, 0.29) is 11.5 Å². The van der Waals surface area contributed by atoms with Crippen LogP contribution in [0.15, 0.2) is 0 Å². The maximum absolute atomic E-state index is 10.0. The Morgan fingerprint density at radius 3 is 2.79 bits per heavy atom. The predicted octanol–water partition coefficient (Wildman–Crippen LogP) is 1.49. The van der Waals surface area contributed by atoms with Crippen molar-refractivity contribution in [3.05, 3.63) is 0 Å². The Balaban J connectivity index is 1.61. The maximum atomic E-state index is 10.0. The zero-order valence-electron chi connectivity index (χ0n) is 11.8. The quantitative estimate of drug-likeness (QED) is 0.780. The second-order valence-corrected chi connectivity index (χ2v) is 6.39. The first kappa shape index (κ1) is 15.5. The number of β-amino-alcohol motifs (C(OH)–C–C–N with tert-alkyl or cyclic N) is 1. The van der Waals surface area contributed by atoms with Crippen molar-refractivity contribution < 1.29 is 14.6 Å². The van der Waals surface area contributed by atoms with Gasteiger partial charge in [-0.1, -0.05) is 6.92 Å². The number of morpholine rings is 1. The van der Waals surface area contributed by atoms with Crippen molar-refractivity contribution in [1.82, 2.24) is 4.90 Å². The standard InChI is InChI=1S/C14H26ClNO3/c1-11-8-13(2-3-14(11)15)19-10-12(17)9-16-4-6-18-7-5-16/h11-14,17H,2-10H2,1H3/t11?,12-,13?,14?/m0/s1. The molecular formula is C14H26ClNO3. The molecule has 4 atom stereocenters. The molecule has 0 aromatic rings. The third kappa shape index (κ3) is 5.20. The predicted molar refractivity (Wildman–Crippen MR) is 75.7 cm³/mol. The van der Waals surface area contributed by atoms with Gasteiger partial charge in [0.15, 0.2) is 0 Å². The van der Waals surface area contributed by atoms with E-state index in [1.165, 1.54) is 0 Å². The van der Waals surface area contributed by atoms with Gasteiger partial charge in [0.2, 0.25) is 0 Å². The zero-order valence-corrected chi connectivity index (χ0v) is 12.5. The molecule has 0 bridgehead atoms. The van der Waals surface area contributed by atoms with Crippen LogP contribution in [0.2, 0.25) is 0 Å². The van der Waals surface area contributed by atoms with Gasteiger partial charge in [0, 0.05) is 25.0 Å². The minimum Gasteiger partial charge on any atom is -0.389 e. The number of hydrogen-bond donors (Lipinski definition) is 1. The summed E-state index contributed by atoms with van der Waals surface area (Å²) in [7, 11) is 0. The Bertz CT molecular complexity index is 261. The molecule has 0 aromatic carbocycles. The van der Waals surface area contributed by atoms with Gasteiger partial charge in [0.1, 0.15) is 0 Å². The molecule has 0 aromatic heterocycles. The van der Waals surface area contributed by atoms with Crippen molar-refractivity contribution in [3.8, 4) is 0 Å². The van der Waals surface area contributed by atoms with Crippen molar-refractivity contribution in [2.45, 2.75) is 43.8 Å². The molecule has 2 aliphatic rings. The highest BCUT2D eigenvalue weighted by Crippen LogP contribution is 2.30. The van der Waals surface area contributed by atoms with Crippen LogP contribution in [0, 0.1) is 5.92 Å². The van der Waals surface area contributed by atoms with Crippen LogP contribution < -0.4 is 0 Å². The molecule has 1 saturated heterocycles. The first-order chi connectivity index (χ1) is 9.15. The average molecular weight is 292 g/mol. The summed E-state index contributed by atoms with van der Waals surface area (Å²) in [6.45, 7) is 6.65. The van der Waals surface area contributed by atoms with Gasteiger partial charge in [-0.3, -0.25) is 4.90 Å². The number of aliphatic hydroxyl groups excluding tert-OH is 1. The van der Waals surface area contributed by atoms with Crippen LogP contribution in [0.1, 0.15) is 26.2 Å². The van der Waals surface area contributed by atoms with Crippen molar-refractivity contribution in [1.29, 1.82) is 0 Å². The lowest BCUT2D eigenvalue weighted by Gasteiger charge is -2.32. The number of nitrogens with zero attached hydrogens (tertiary/aromatic N) is 1. The number of halogens is 1. The van der Waals surface area contributed by atoms with Gasteiger partial charge in [0.25, 0.3) is 0 Å². The summed E-state index contributed by atoms with van der Waals surface area (Å²) >= 11 is 6.20. The third-order valence-electron chi connectivity index (χ3n) is 4.11. The highest BCUT2D eigenvalue weighted by molar-refractivity contribution is 6.20. The Labute approximate surface area is 121 Å². The molecule has 5 heteroatoms. The number of alkyl halides is 1. The summed E-state index contributed by atoms with van der Waals surface area (Å²) in [5.41, 5.74) is 0. The molecule has 1 N–H and O–H groups in total. The molecule has 0 amide bonds. The van der Waals surface area contributed by atoms with E-state index in [0.29, 0.717) is 19.1 Å². The van der Waals surface area contributed by atoms with Gasteiger partial charge in [-0.2, -0.15) is 0 Å². The monoisotopic (exact) mass is 291 g/mol. The lowest BCUT2D eigenvalue weighted by atomic mass is 9.88. The van der Waals surface area contributed by atoms with E-state index in [4.69, 9.17) is 21.1 Å². The zero-order chi connectivity index (χ0) is 13.7. The van der Waals surface area contributed by atoms with Crippen molar-refractivity contribution in [2.75, 3.05) is 39.5 Å². The van der Waals surface area contributed by atoms with Gasteiger partial charge < -0.3 is 14.6 Å². The van der Waals surface area contributed by atoms with Crippen LogP contribution in [0.3, 0.4) is 0 Å². The van der Waals surface area contributed by atoms with Crippen LogP contribution in [0.4, 0.5) is 0 Å². The summed E-state index contributed by atoms with van der Waals surface area (Å²) < 4.78 is 11.1. The molecular weight excluding hydrogens is 266 g/mol. The largest absolute Gasteiger partial charge is 0.389 e. The second-order valence-electron chi connectivity index (χ2n) is 5.83. The lowest BCUT2D eigenvalue weighted by Crippen LogP contribution is -2.42. The molecule has 2 fully saturated rings. The van der Waals surface area contributed by atoms with Crippen molar-refractivity contribution in [2.24, 2.45) is 5.92 Å². The molecule has 4 nitrogen and oxygen atoms in total. The maximum Gasteiger partial charge on any atom is 0.0900 e. The summed E-state index contributed by atoms with van der Waals surface area (Å²) in [6, 6.07) is 0. The van der Waals surface area contributed by atoms with Crippen LogP contribution >= 0.6 is 11.6 Å². The van der Waals surface area contributed by atoms with Gasteiger partial charge >= 0.3 is 0 Å². The molecule has 19 heavy (non-hydrogen) atoms. The molecule has 1 aliphatic carbocycles. The Kier molecular flexibility index (Phi) is 6.36. The van der Waals surface area contributed by atoms with Crippen LogP contribution in [0.25, 0.3) is 0 Å². The van der Waals surface area contributed by atoms with Gasteiger partial charge in [0.05, 0.1) is 32.0 Å². The molecule has 0 spiro atoms. The Morgan fingerprint density at radius 1 is 1.37 bits per heavy atom. The molecule has 1 aliphatic heterocycles. The second kappa shape index (κ2) is 7.79. The van der Waals surface area contributed by atoms with E-state index < -0.39 is 6.10 Å². The van der Waals surface area contributed by atoms with E-state index in [9.17, 15) is 5.11 Å². The number of aliphatic hydroxyl groups is 1. The van der Waals surface area contributed by atoms with E-state index in [2.05, 4.69) is 11.8 Å². The SMILES string of the molecule is CC1CC(OC[C@@H](O)CN2CCOCC2)CCC1Cl. The van der Waals surface area contributed by atoms with Crippen molar-refractivity contribution >= 4 is 11.6 Å². The van der Waals surface area contributed by atoms with Crippen LogP contribution in [-0.2, 0) is 9.47 Å². The fraction of sp³-hybridized carbons (Fsp3) is 1.00. The van der Waals surface area contributed by atoms with Crippen molar-refractivity contribution in [3.63, 3.8) is 0 Å². The molecule has 1 saturated carbocycles. The summed E-state index contributed by atoms with van der Waals surface area (Å²) in [4.78, 5) is 2.23. The first-order valence-electron chi connectivity index (χ1n) is 7.39. The number of ether oxygens (including phenoxy) is 2. The molecule has 112 valence electrons. The molecule has 1 heterocycles. The molecule has 2 rings (SSSR count). The number of rotatable bonds is 5. The third-order valence-corrected chi connectivity index (χ3v) is 4.76. The van der Waals surface area contributed by atoms with E-state index in [0.717, 1.165) is 45.6 Å². The molecule has 3 unspecified atom stereocenters. The average Bonchev–Trinajstić information content (AvgIpc) is 2.41. The highest BCUT2D eigenvalue weighted by Gasteiger charge is 2.27. The summed E-state index contributed by atoms with van der Waals surface area (Å²) in [5, 5.41) is 10.3. The van der Waals surface area contributed by atoms with Gasteiger partial charge in [-0.25, -0.2) is 0 Å². The van der Waals surface area contributed by atoms with E-state index in [1.807, 2.05) is 0 Å². The lowest BCUT2D eigenvalue weighted by molar-refractivity contribution is -0.0491. The van der Waals surface area contributed by atoms with Crippen LogP contribution in [-0.4, -0.2) is 67.0 Å². The summed E-state index contributed by atoms with van der Waals surface area (Å²) in [6.07, 6.45) is 2.92. The highest BCUT2D eigenvalue weighted by atomic mass is 35.5. The Hall–Kier alpha value is 0.130. The normalized spacial score (nSPS) is 35.2. The number of hydrogen-bond acceptors (Lipinski definition) is 4. The molecule has 0 radical (unpaired) electrons. The van der Waals surface area contributed by atoms with Crippen LogP contribution in [0.5, 0.6) is 0 Å². The Morgan fingerprint density at radius 2 is 2.11 bits per heavy atom.